The average molecular weight is 572 g/mol. The number of esters is 2. The van der Waals surface area contributed by atoms with E-state index in [1.54, 1.807) is 30.3 Å². The minimum atomic E-state index is -1.76. The van der Waals surface area contributed by atoms with Crippen molar-refractivity contribution in [2.45, 2.75) is 38.0 Å². The lowest BCUT2D eigenvalue weighted by Crippen LogP contribution is -2.75. The van der Waals surface area contributed by atoms with Crippen LogP contribution in [0.3, 0.4) is 0 Å². The van der Waals surface area contributed by atoms with Crippen molar-refractivity contribution in [2.75, 3.05) is 12.4 Å². The monoisotopic (exact) mass is 571 g/mol. The fourth-order valence-electron chi connectivity index (χ4n) is 4.24. The molecule has 210 valence electrons. The van der Waals surface area contributed by atoms with Gasteiger partial charge in [0.15, 0.2) is 12.6 Å². The molecule has 0 bridgehead atoms. The zero-order valence-corrected chi connectivity index (χ0v) is 22.3. The van der Waals surface area contributed by atoms with Gasteiger partial charge in [-0.25, -0.2) is 4.79 Å². The van der Waals surface area contributed by atoms with Crippen molar-refractivity contribution >= 4 is 40.6 Å². The molecule has 2 amide bonds. The van der Waals surface area contributed by atoms with Gasteiger partial charge in [0.2, 0.25) is 5.37 Å². The highest BCUT2D eigenvalue weighted by Crippen LogP contribution is 2.38. The number of carbonyl (C=O) groups excluding carboxylic acids is 4. The molecule has 14 heteroatoms. The highest BCUT2D eigenvalue weighted by molar-refractivity contribution is 7.92. The van der Waals surface area contributed by atoms with Crippen LogP contribution in [0.4, 0.5) is 5.69 Å². The van der Waals surface area contributed by atoms with Crippen LogP contribution in [0.25, 0.3) is 0 Å². The topological polar surface area (TPSA) is 177 Å². The van der Waals surface area contributed by atoms with Gasteiger partial charge < -0.3 is 24.1 Å². The first-order chi connectivity index (χ1) is 19.1. The molecule has 13 nitrogen and oxygen atoms in total. The van der Waals surface area contributed by atoms with E-state index in [0.29, 0.717) is 11.3 Å². The highest BCUT2D eigenvalue weighted by atomic mass is 32.2. The molecule has 0 aromatic heterocycles. The third kappa shape index (κ3) is 6.24. The molecule has 1 N–H and O–H groups in total. The number of β-lactam (4-membered cyclic amide) rings is 1. The predicted molar refractivity (Wildman–Crippen MR) is 139 cm³/mol. The van der Waals surface area contributed by atoms with E-state index >= 15 is 0 Å². The molecule has 2 aromatic rings. The second-order valence-corrected chi connectivity index (χ2v) is 10.4. The van der Waals surface area contributed by atoms with Crippen LogP contribution in [0.15, 0.2) is 65.9 Å². The molecule has 2 aliphatic heterocycles. The number of nitrogens with one attached hydrogen (secondary N) is 1. The van der Waals surface area contributed by atoms with E-state index in [0.717, 1.165) is 4.90 Å². The van der Waals surface area contributed by atoms with Crippen LogP contribution in [-0.4, -0.2) is 68.0 Å². The first-order valence-electron chi connectivity index (χ1n) is 12.0. The van der Waals surface area contributed by atoms with E-state index < -0.39 is 57.4 Å². The molecule has 2 heterocycles. The molecule has 4 rings (SSSR count). The van der Waals surface area contributed by atoms with Gasteiger partial charge in [0.25, 0.3) is 17.5 Å². The number of amides is 2. The molecule has 1 fully saturated rings. The molecule has 1 saturated heterocycles. The van der Waals surface area contributed by atoms with Gasteiger partial charge in [-0.15, -0.1) is 0 Å². The molecule has 0 spiro atoms. The number of carbonyl (C=O) groups is 4. The summed E-state index contributed by atoms with van der Waals surface area (Å²) >= 11 is -1.76. The number of para-hydroxylation sites is 1. The SMILES string of the molecule is CC(=O)OC(C)C1=C(C(=O)OCc2ccc([N+](=O)[O-])cc2)N2C(=O)[C@@H](NC(=O)COc3ccccc3)[C@H]2[S+]([O-])C1. The Balaban J connectivity index is 1.50. The minimum absolute atomic E-state index is 0.129. The lowest BCUT2D eigenvalue weighted by atomic mass is 10.0. The molecular weight excluding hydrogens is 546 g/mol. The fraction of sp³-hybridized carbons (Fsp3) is 0.308. The number of fused-ring (bicyclic) bond motifs is 1. The molecule has 2 aromatic carbocycles. The van der Waals surface area contributed by atoms with Crippen LogP contribution in [0.2, 0.25) is 0 Å². The first-order valence-corrected chi connectivity index (χ1v) is 13.4. The quantitative estimate of drug-likeness (QED) is 0.144. The van der Waals surface area contributed by atoms with Crippen LogP contribution in [0.1, 0.15) is 19.4 Å². The number of benzene rings is 2. The van der Waals surface area contributed by atoms with E-state index in [1.165, 1.54) is 38.1 Å². The summed E-state index contributed by atoms with van der Waals surface area (Å²) in [5.74, 6) is -2.67. The number of hydrogen-bond donors (Lipinski definition) is 1. The van der Waals surface area contributed by atoms with Crippen molar-refractivity contribution in [1.29, 1.82) is 0 Å². The van der Waals surface area contributed by atoms with Gasteiger partial charge in [-0.2, -0.15) is 0 Å². The third-order valence-electron chi connectivity index (χ3n) is 6.13. The van der Waals surface area contributed by atoms with Crippen molar-refractivity contribution in [1.82, 2.24) is 10.2 Å². The molecule has 0 aliphatic carbocycles. The Hall–Kier alpha value is -4.43. The van der Waals surface area contributed by atoms with Gasteiger partial charge in [-0.3, -0.25) is 29.4 Å². The summed E-state index contributed by atoms with van der Waals surface area (Å²) in [5, 5.41) is 12.3. The van der Waals surface area contributed by atoms with Gasteiger partial charge in [0.1, 0.15) is 29.9 Å². The number of rotatable bonds is 10. The smallest absolute Gasteiger partial charge is 0.355 e. The maximum absolute atomic E-state index is 13.2. The molecule has 4 atom stereocenters. The third-order valence-corrected chi connectivity index (χ3v) is 7.75. The number of nitrogens with zero attached hydrogens (tertiary/aromatic N) is 2. The lowest BCUT2D eigenvalue weighted by Gasteiger charge is -2.49. The molecule has 2 aliphatic rings. The summed E-state index contributed by atoms with van der Waals surface area (Å²) in [7, 11) is 0. The maximum Gasteiger partial charge on any atom is 0.355 e. The number of nitro benzene ring substituents is 1. The highest BCUT2D eigenvalue weighted by Gasteiger charge is 2.61. The largest absolute Gasteiger partial charge is 0.614 e. The summed E-state index contributed by atoms with van der Waals surface area (Å²) in [5.41, 5.74) is 0.213. The van der Waals surface area contributed by atoms with Gasteiger partial charge in [0.05, 0.1) is 10.5 Å². The predicted octanol–water partition coefficient (Wildman–Crippen LogP) is 1.34. The second kappa shape index (κ2) is 12.2. The standard InChI is InChI=1S/C26H25N3O10S/c1-15(39-16(2)30)20-14-40(36)25-22(27-21(31)13-37-19-6-4-3-5-7-19)24(32)28(25)23(20)26(33)38-12-17-8-10-18(11-9-17)29(34)35/h3-11,15,22,25H,12-14H2,1-2H3,(H,27,31)/t15?,22-,25-,40?/m1/s1. The average Bonchev–Trinajstić information content (AvgIpc) is 2.93. The fourth-order valence-corrected chi connectivity index (χ4v) is 6.02. The van der Waals surface area contributed by atoms with Crippen LogP contribution >= 0.6 is 0 Å². The Bertz CT molecular complexity index is 1350. The minimum Gasteiger partial charge on any atom is -0.614 e. The van der Waals surface area contributed by atoms with Crippen LogP contribution in [-0.2, 0) is 46.4 Å². The molecular formula is C26H25N3O10S. The van der Waals surface area contributed by atoms with Gasteiger partial charge >= 0.3 is 11.9 Å². The van der Waals surface area contributed by atoms with Gasteiger partial charge in [0, 0.05) is 19.1 Å². The van der Waals surface area contributed by atoms with Gasteiger partial charge in [-0.05, 0) is 47.9 Å². The summed E-state index contributed by atoms with van der Waals surface area (Å²) < 4.78 is 29.1. The summed E-state index contributed by atoms with van der Waals surface area (Å²) in [6, 6.07) is 12.7. The summed E-state index contributed by atoms with van der Waals surface area (Å²) in [4.78, 5) is 61.8. The Kier molecular flexibility index (Phi) is 8.70. The van der Waals surface area contributed by atoms with E-state index in [2.05, 4.69) is 5.32 Å². The second-order valence-electron chi connectivity index (χ2n) is 8.90. The van der Waals surface area contributed by atoms with Crippen LogP contribution in [0, 0.1) is 10.1 Å². The number of hydrogen-bond acceptors (Lipinski definition) is 10. The van der Waals surface area contributed by atoms with E-state index in [-0.39, 0.29) is 35.9 Å². The normalized spacial score (nSPS) is 20.5. The zero-order valence-electron chi connectivity index (χ0n) is 21.4. The first kappa shape index (κ1) is 28.6. The summed E-state index contributed by atoms with van der Waals surface area (Å²) in [6.07, 6.45) is -0.995. The Morgan fingerprint density at radius 1 is 1.15 bits per heavy atom. The number of nitro groups is 1. The number of non-ortho nitro benzene ring substituents is 1. The lowest BCUT2D eigenvalue weighted by molar-refractivity contribution is -0.384. The molecule has 0 saturated carbocycles. The van der Waals surface area contributed by atoms with Crippen LogP contribution < -0.4 is 10.1 Å². The Labute approximate surface area is 231 Å². The molecule has 40 heavy (non-hydrogen) atoms. The summed E-state index contributed by atoms with van der Waals surface area (Å²) in [6.45, 7) is 1.98. The van der Waals surface area contributed by atoms with E-state index in [4.69, 9.17) is 14.2 Å². The van der Waals surface area contributed by atoms with E-state index in [1.807, 2.05) is 0 Å². The van der Waals surface area contributed by atoms with Gasteiger partial charge in [-0.1, -0.05) is 18.2 Å². The maximum atomic E-state index is 13.2. The van der Waals surface area contributed by atoms with Crippen molar-refractivity contribution < 1.29 is 42.9 Å². The Morgan fingerprint density at radius 2 is 1.82 bits per heavy atom. The molecule has 2 unspecified atom stereocenters. The van der Waals surface area contributed by atoms with Crippen molar-refractivity contribution in [3.63, 3.8) is 0 Å². The van der Waals surface area contributed by atoms with Crippen LogP contribution in [0.5, 0.6) is 5.75 Å². The number of ether oxygens (including phenoxy) is 3. The molecule has 0 radical (unpaired) electrons. The Morgan fingerprint density at radius 3 is 2.45 bits per heavy atom. The zero-order chi connectivity index (χ0) is 29.0. The van der Waals surface area contributed by atoms with Crippen molar-refractivity contribution in [3.8, 4) is 5.75 Å². The van der Waals surface area contributed by atoms with Crippen molar-refractivity contribution in [3.05, 3.63) is 81.5 Å². The van der Waals surface area contributed by atoms with Crippen molar-refractivity contribution in [2.24, 2.45) is 0 Å². The van der Waals surface area contributed by atoms with E-state index in [9.17, 15) is 33.8 Å².